The Balaban J connectivity index is 2.05. The van der Waals surface area contributed by atoms with Crippen molar-refractivity contribution in [3.63, 3.8) is 0 Å². The lowest BCUT2D eigenvalue weighted by molar-refractivity contribution is -0.137. The minimum atomic E-state index is -0.924. The van der Waals surface area contributed by atoms with Crippen molar-refractivity contribution in [2.24, 2.45) is 0 Å². The van der Waals surface area contributed by atoms with Gasteiger partial charge >= 0.3 is 5.97 Å². The van der Waals surface area contributed by atoms with Crippen LogP contribution in [0.3, 0.4) is 0 Å². The Bertz CT molecular complexity index is 644. The van der Waals surface area contributed by atoms with Gasteiger partial charge in [0.1, 0.15) is 5.69 Å². The highest BCUT2D eigenvalue weighted by molar-refractivity contribution is 6.30. The van der Waals surface area contributed by atoms with Gasteiger partial charge in [0.25, 0.3) is 5.91 Å². The molecule has 1 atom stereocenters. The fourth-order valence-corrected chi connectivity index (χ4v) is 2.18. The zero-order chi connectivity index (χ0) is 15.9. The van der Waals surface area contributed by atoms with Crippen molar-refractivity contribution in [1.82, 2.24) is 10.3 Å². The Kier molecular flexibility index (Phi) is 5.49. The first-order valence-corrected chi connectivity index (χ1v) is 7.10. The first-order chi connectivity index (χ1) is 10.6. The average molecular weight is 319 g/mol. The number of pyridine rings is 1. The zero-order valence-corrected chi connectivity index (χ0v) is 12.5. The van der Waals surface area contributed by atoms with Crippen LogP contribution >= 0.6 is 11.6 Å². The Morgan fingerprint density at radius 1 is 1.18 bits per heavy atom. The van der Waals surface area contributed by atoms with Gasteiger partial charge < -0.3 is 10.4 Å². The van der Waals surface area contributed by atoms with Gasteiger partial charge in [-0.15, -0.1) is 0 Å². The van der Waals surface area contributed by atoms with Crippen molar-refractivity contribution in [2.45, 2.75) is 12.3 Å². The van der Waals surface area contributed by atoms with E-state index in [0.29, 0.717) is 10.7 Å². The van der Waals surface area contributed by atoms with Crippen LogP contribution in [0.2, 0.25) is 5.02 Å². The van der Waals surface area contributed by atoms with Gasteiger partial charge in [-0.05, 0) is 29.8 Å². The molecule has 0 radical (unpaired) electrons. The summed E-state index contributed by atoms with van der Waals surface area (Å²) in [6.07, 6.45) is 1.45. The number of aromatic nitrogens is 1. The molecule has 2 aromatic rings. The molecule has 0 aliphatic rings. The third-order valence-corrected chi connectivity index (χ3v) is 3.42. The Morgan fingerprint density at radius 3 is 2.50 bits per heavy atom. The molecule has 0 saturated carbocycles. The number of benzene rings is 1. The van der Waals surface area contributed by atoms with E-state index in [9.17, 15) is 9.59 Å². The number of halogens is 1. The monoisotopic (exact) mass is 318 g/mol. The number of aliphatic carboxylic acids is 1. The second-order valence-electron chi connectivity index (χ2n) is 4.77. The van der Waals surface area contributed by atoms with E-state index in [2.05, 4.69) is 10.3 Å². The van der Waals surface area contributed by atoms with Crippen LogP contribution < -0.4 is 5.32 Å². The lowest BCUT2D eigenvalue weighted by Crippen LogP contribution is -2.30. The molecule has 2 rings (SSSR count). The molecule has 1 aromatic heterocycles. The lowest BCUT2D eigenvalue weighted by Gasteiger charge is -2.16. The Labute approximate surface area is 133 Å². The molecule has 22 heavy (non-hydrogen) atoms. The summed E-state index contributed by atoms with van der Waals surface area (Å²) < 4.78 is 0. The number of carboxylic acids is 1. The van der Waals surface area contributed by atoms with Crippen molar-refractivity contribution in [3.8, 4) is 0 Å². The molecule has 5 nitrogen and oxygen atoms in total. The third-order valence-electron chi connectivity index (χ3n) is 3.17. The molecular formula is C16H15ClN2O3. The van der Waals surface area contributed by atoms with Gasteiger partial charge in [0.15, 0.2) is 0 Å². The predicted molar refractivity (Wildman–Crippen MR) is 83.0 cm³/mol. The number of rotatable bonds is 6. The Morgan fingerprint density at radius 2 is 1.91 bits per heavy atom. The lowest BCUT2D eigenvalue weighted by atomic mass is 9.95. The highest BCUT2D eigenvalue weighted by atomic mass is 35.5. The van der Waals surface area contributed by atoms with E-state index in [1.165, 1.54) is 6.20 Å². The summed E-state index contributed by atoms with van der Waals surface area (Å²) >= 11 is 5.84. The molecule has 1 heterocycles. The van der Waals surface area contributed by atoms with Gasteiger partial charge in [0.2, 0.25) is 0 Å². The summed E-state index contributed by atoms with van der Waals surface area (Å²) in [6, 6.07) is 12.0. The maximum atomic E-state index is 12.0. The van der Waals surface area contributed by atoms with E-state index in [1.54, 1.807) is 42.5 Å². The van der Waals surface area contributed by atoms with Gasteiger partial charge in [-0.2, -0.15) is 0 Å². The molecule has 0 spiro atoms. The first-order valence-electron chi connectivity index (χ1n) is 6.72. The van der Waals surface area contributed by atoms with Crippen molar-refractivity contribution in [3.05, 3.63) is 64.9 Å². The van der Waals surface area contributed by atoms with Crippen molar-refractivity contribution in [1.29, 1.82) is 0 Å². The minimum absolute atomic E-state index is 0.0792. The highest BCUT2D eigenvalue weighted by Crippen LogP contribution is 2.21. The van der Waals surface area contributed by atoms with Crippen molar-refractivity contribution in [2.75, 3.05) is 6.54 Å². The molecule has 0 fully saturated rings. The molecule has 1 amide bonds. The summed E-state index contributed by atoms with van der Waals surface area (Å²) in [4.78, 5) is 26.9. The quantitative estimate of drug-likeness (QED) is 0.858. The van der Waals surface area contributed by atoms with Gasteiger partial charge in [-0.3, -0.25) is 14.6 Å². The fraction of sp³-hybridized carbons (Fsp3) is 0.188. The van der Waals surface area contributed by atoms with Crippen molar-refractivity contribution < 1.29 is 14.7 Å². The number of nitrogens with zero attached hydrogens (tertiary/aromatic N) is 1. The summed E-state index contributed by atoms with van der Waals surface area (Å²) in [6.45, 7) is 0.212. The molecular weight excluding hydrogens is 304 g/mol. The molecule has 1 unspecified atom stereocenters. The van der Waals surface area contributed by atoms with E-state index >= 15 is 0 Å². The van der Waals surface area contributed by atoms with Crippen LogP contribution in [0, 0.1) is 0 Å². The molecule has 1 aromatic carbocycles. The van der Waals surface area contributed by atoms with E-state index in [-0.39, 0.29) is 24.8 Å². The number of nitrogens with one attached hydrogen (secondary N) is 1. The topological polar surface area (TPSA) is 79.3 Å². The fourth-order valence-electron chi connectivity index (χ4n) is 2.06. The summed E-state index contributed by atoms with van der Waals surface area (Å²) in [5.74, 6) is -1.58. The summed E-state index contributed by atoms with van der Waals surface area (Å²) in [5.41, 5.74) is 1.11. The molecule has 6 heteroatoms. The van der Waals surface area contributed by atoms with Gasteiger partial charge in [-0.1, -0.05) is 29.8 Å². The molecule has 0 aliphatic heterocycles. The molecule has 0 saturated heterocycles. The van der Waals surface area contributed by atoms with Crippen LogP contribution in [-0.4, -0.2) is 28.5 Å². The number of carbonyl (C=O) groups is 2. The van der Waals surface area contributed by atoms with E-state index in [4.69, 9.17) is 16.7 Å². The summed E-state index contributed by atoms with van der Waals surface area (Å²) in [5, 5.41) is 12.3. The number of carboxylic acid groups (broad SMARTS) is 1. The third kappa shape index (κ3) is 4.56. The first kappa shape index (κ1) is 16.0. The van der Waals surface area contributed by atoms with Crippen LogP contribution in [0.4, 0.5) is 0 Å². The molecule has 0 bridgehead atoms. The number of hydrogen-bond donors (Lipinski definition) is 2. The largest absolute Gasteiger partial charge is 0.481 e. The second kappa shape index (κ2) is 7.56. The van der Waals surface area contributed by atoms with Crippen LogP contribution in [0.25, 0.3) is 0 Å². The molecule has 114 valence electrons. The van der Waals surface area contributed by atoms with Crippen LogP contribution in [0.1, 0.15) is 28.4 Å². The maximum Gasteiger partial charge on any atom is 0.304 e. The SMILES string of the molecule is O=C(O)CC(CNC(=O)c1ccccn1)c1ccc(Cl)cc1. The molecule has 0 aliphatic carbocycles. The normalized spacial score (nSPS) is 11.7. The summed E-state index contributed by atoms with van der Waals surface area (Å²) in [7, 11) is 0. The van der Waals surface area contributed by atoms with E-state index in [1.807, 2.05) is 0 Å². The van der Waals surface area contributed by atoms with Crippen molar-refractivity contribution >= 4 is 23.5 Å². The van der Waals surface area contributed by atoms with Gasteiger partial charge in [0, 0.05) is 23.7 Å². The standard InChI is InChI=1S/C16H15ClN2O3/c17-13-6-4-11(5-7-13)12(9-15(20)21)10-19-16(22)14-3-1-2-8-18-14/h1-8,12H,9-10H2,(H,19,22)(H,20,21). The number of carbonyl (C=O) groups excluding carboxylic acids is 1. The number of hydrogen-bond acceptors (Lipinski definition) is 3. The zero-order valence-electron chi connectivity index (χ0n) is 11.7. The minimum Gasteiger partial charge on any atom is -0.481 e. The van der Waals surface area contributed by atoms with Crippen LogP contribution in [-0.2, 0) is 4.79 Å². The van der Waals surface area contributed by atoms with Crippen LogP contribution in [0.5, 0.6) is 0 Å². The van der Waals surface area contributed by atoms with E-state index in [0.717, 1.165) is 5.56 Å². The van der Waals surface area contributed by atoms with Gasteiger partial charge in [-0.25, -0.2) is 0 Å². The smallest absolute Gasteiger partial charge is 0.304 e. The van der Waals surface area contributed by atoms with Crippen LogP contribution in [0.15, 0.2) is 48.7 Å². The maximum absolute atomic E-state index is 12.0. The van der Waals surface area contributed by atoms with Gasteiger partial charge in [0.05, 0.1) is 6.42 Å². The second-order valence-corrected chi connectivity index (χ2v) is 5.21. The Hall–Kier alpha value is -2.40. The number of amides is 1. The molecule has 2 N–H and O–H groups in total. The van der Waals surface area contributed by atoms with E-state index < -0.39 is 5.97 Å². The highest BCUT2D eigenvalue weighted by Gasteiger charge is 2.17. The predicted octanol–water partition coefficient (Wildman–Crippen LogP) is 2.72. The average Bonchev–Trinajstić information content (AvgIpc) is 2.52.